The monoisotopic (exact) mass is 536 g/mol. The molecule has 0 aromatic heterocycles. The number of amidine groups is 1. The third-order valence-corrected chi connectivity index (χ3v) is 8.24. The maximum Gasteiger partial charge on any atom is 0.0947 e. The van der Waals surface area contributed by atoms with Crippen LogP contribution in [0, 0.1) is 10.8 Å². The predicted molar refractivity (Wildman–Crippen MR) is 174 cm³/mol. The van der Waals surface area contributed by atoms with Gasteiger partial charge in [-0.3, -0.25) is 5.41 Å². The summed E-state index contributed by atoms with van der Waals surface area (Å²) in [6.45, 7) is 13.6. The van der Waals surface area contributed by atoms with Gasteiger partial charge in [0.1, 0.15) is 0 Å². The van der Waals surface area contributed by atoms with Gasteiger partial charge in [-0.1, -0.05) is 176 Å². The summed E-state index contributed by atoms with van der Waals surface area (Å²) in [6, 6.07) is 0.372. The lowest BCUT2D eigenvalue weighted by molar-refractivity contribution is 0.271. The van der Waals surface area contributed by atoms with Crippen molar-refractivity contribution in [1.29, 1.82) is 5.41 Å². The first kappa shape index (κ1) is 37.4. The van der Waals surface area contributed by atoms with Crippen molar-refractivity contribution in [3.63, 3.8) is 0 Å². The Morgan fingerprint density at radius 3 is 1.16 bits per heavy atom. The highest BCUT2D eigenvalue weighted by atomic mass is 15.0. The molecule has 3 nitrogen and oxygen atoms in total. The second kappa shape index (κ2) is 28.0. The van der Waals surface area contributed by atoms with E-state index in [0.29, 0.717) is 6.04 Å². The van der Waals surface area contributed by atoms with Crippen molar-refractivity contribution in [3.05, 3.63) is 0 Å². The Balaban J connectivity index is 3.68. The molecule has 1 unspecified atom stereocenters. The number of nitrogens with one attached hydrogen (secondary N) is 3. The molecule has 0 radical (unpaired) electrons. The lowest BCUT2D eigenvalue weighted by atomic mass is 9.84. The molecule has 3 N–H and O–H groups in total. The molecule has 0 aromatic rings. The van der Waals surface area contributed by atoms with Gasteiger partial charge in [0.15, 0.2) is 0 Å². The van der Waals surface area contributed by atoms with Crippen LogP contribution in [0.5, 0.6) is 0 Å². The molecule has 0 heterocycles. The molecular formula is C35H73N3. The minimum Gasteiger partial charge on any atom is -0.374 e. The molecule has 0 saturated heterocycles. The van der Waals surface area contributed by atoms with Gasteiger partial charge in [0.05, 0.1) is 5.84 Å². The summed E-state index contributed by atoms with van der Waals surface area (Å²) in [4.78, 5) is 0. The summed E-state index contributed by atoms with van der Waals surface area (Å²) >= 11 is 0. The van der Waals surface area contributed by atoms with Gasteiger partial charge < -0.3 is 10.6 Å². The molecule has 1 atom stereocenters. The third-order valence-electron chi connectivity index (χ3n) is 8.24. The molecule has 0 spiro atoms. The minimum atomic E-state index is 0.182. The maximum atomic E-state index is 8.47. The van der Waals surface area contributed by atoms with Crippen molar-refractivity contribution in [2.45, 2.75) is 201 Å². The van der Waals surface area contributed by atoms with Crippen LogP contribution in [0.15, 0.2) is 0 Å². The Kier molecular flexibility index (Phi) is 27.6. The Morgan fingerprint density at radius 2 is 0.816 bits per heavy atom. The molecule has 38 heavy (non-hydrogen) atoms. The normalized spacial score (nSPS) is 12.7. The molecule has 3 heteroatoms. The standard InChI is InChI=1S/C35H73N3/c1-6-8-10-12-14-16-18-20-22-24-26-28-30-37-33(35(3,4)5)32-34(36)38-31-29-27-25-23-21-19-17-15-13-11-9-7-2/h33,37H,6-32H2,1-5H3,(H2,36,38). The van der Waals surface area contributed by atoms with E-state index in [1.54, 1.807) is 0 Å². The Bertz CT molecular complexity index is 482. The highest BCUT2D eigenvalue weighted by Gasteiger charge is 2.25. The number of hydrogen-bond donors (Lipinski definition) is 3. The van der Waals surface area contributed by atoms with Crippen molar-refractivity contribution in [2.75, 3.05) is 13.1 Å². The van der Waals surface area contributed by atoms with Gasteiger partial charge in [-0.25, -0.2) is 0 Å². The van der Waals surface area contributed by atoms with E-state index in [4.69, 9.17) is 5.41 Å². The molecule has 0 aliphatic carbocycles. The lowest BCUT2D eigenvalue weighted by Gasteiger charge is -2.32. The zero-order valence-electron chi connectivity index (χ0n) is 27.2. The molecule has 0 bridgehead atoms. The average molecular weight is 536 g/mol. The van der Waals surface area contributed by atoms with Crippen molar-refractivity contribution in [2.24, 2.45) is 5.41 Å². The maximum absolute atomic E-state index is 8.47. The lowest BCUT2D eigenvalue weighted by Crippen LogP contribution is -2.44. The van der Waals surface area contributed by atoms with E-state index in [-0.39, 0.29) is 5.41 Å². The molecule has 0 fully saturated rings. The molecule has 228 valence electrons. The van der Waals surface area contributed by atoms with Gasteiger partial charge in [0.25, 0.3) is 0 Å². The molecular weight excluding hydrogens is 462 g/mol. The van der Waals surface area contributed by atoms with Gasteiger partial charge in [0.2, 0.25) is 0 Å². The van der Waals surface area contributed by atoms with E-state index in [1.807, 2.05) is 0 Å². The Morgan fingerprint density at radius 1 is 0.500 bits per heavy atom. The smallest absolute Gasteiger partial charge is 0.0947 e. The van der Waals surface area contributed by atoms with Crippen molar-refractivity contribution >= 4 is 5.84 Å². The van der Waals surface area contributed by atoms with Crippen LogP contribution in [0.4, 0.5) is 0 Å². The molecule has 0 aliphatic rings. The van der Waals surface area contributed by atoms with Crippen LogP contribution in [-0.2, 0) is 0 Å². The fourth-order valence-electron chi connectivity index (χ4n) is 5.41. The van der Waals surface area contributed by atoms with Crippen molar-refractivity contribution in [3.8, 4) is 0 Å². The zero-order valence-corrected chi connectivity index (χ0v) is 27.2. The van der Waals surface area contributed by atoms with Gasteiger partial charge >= 0.3 is 0 Å². The van der Waals surface area contributed by atoms with Crippen molar-refractivity contribution in [1.82, 2.24) is 10.6 Å². The molecule has 0 aromatic carbocycles. The first-order valence-corrected chi connectivity index (χ1v) is 17.5. The highest BCUT2D eigenvalue weighted by Crippen LogP contribution is 2.22. The molecule has 0 rings (SSSR count). The summed E-state index contributed by atoms with van der Waals surface area (Å²) in [7, 11) is 0. The molecule has 0 amide bonds. The fraction of sp³-hybridized carbons (Fsp3) is 0.971. The third kappa shape index (κ3) is 27.0. The van der Waals surface area contributed by atoms with E-state index < -0.39 is 0 Å². The second-order valence-corrected chi connectivity index (χ2v) is 13.3. The van der Waals surface area contributed by atoms with E-state index in [0.717, 1.165) is 25.3 Å². The van der Waals surface area contributed by atoms with E-state index >= 15 is 0 Å². The van der Waals surface area contributed by atoms with Crippen LogP contribution in [-0.4, -0.2) is 25.0 Å². The van der Waals surface area contributed by atoms with E-state index in [9.17, 15) is 0 Å². The van der Waals surface area contributed by atoms with Crippen LogP contribution in [0.3, 0.4) is 0 Å². The zero-order chi connectivity index (χ0) is 28.2. The summed E-state index contributed by atoms with van der Waals surface area (Å²) in [5, 5.41) is 15.7. The second-order valence-electron chi connectivity index (χ2n) is 13.3. The number of rotatable bonds is 29. The highest BCUT2D eigenvalue weighted by molar-refractivity contribution is 5.79. The van der Waals surface area contributed by atoms with Gasteiger partial charge in [-0.15, -0.1) is 0 Å². The topological polar surface area (TPSA) is 47.9 Å². The van der Waals surface area contributed by atoms with Crippen LogP contribution in [0.1, 0.15) is 195 Å². The molecule has 0 aliphatic heterocycles. The first-order chi connectivity index (χ1) is 18.4. The Labute approximate surface area is 241 Å². The van der Waals surface area contributed by atoms with Gasteiger partial charge in [-0.05, 0) is 24.8 Å². The van der Waals surface area contributed by atoms with Crippen molar-refractivity contribution < 1.29 is 0 Å². The Hall–Kier alpha value is -0.570. The van der Waals surface area contributed by atoms with Gasteiger partial charge in [0, 0.05) is 19.0 Å². The summed E-state index contributed by atoms with van der Waals surface area (Å²) in [6.07, 6.45) is 34.2. The molecule has 0 saturated carbocycles. The number of hydrogen-bond acceptors (Lipinski definition) is 2. The van der Waals surface area contributed by atoms with Crippen LogP contribution in [0.25, 0.3) is 0 Å². The quantitative estimate of drug-likeness (QED) is 0.0506. The van der Waals surface area contributed by atoms with Crippen LogP contribution < -0.4 is 10.6 Å². The largest absolute Gasteiger partial charge is 0.374 e. The summed E-state index contributed by atoms with van der Waals surface area (Å²) in [5.74, 6) is 0.718. The summed E-state index contributed by atoms with van der Waals surface area (Å²) < 4.78 is 0. The van der Waals surface area contributed by atoms with E-state index in [1.165, 1.54) is 154 Å². The number of unbranched alkanes of at least 4 members (excludes halogenated alkanes) is 22. The van der Waals surface area contributed by atoms with Crippen LogP contribution >= 0.6 is 0 Å². The van der Waals surface area contributed by atoms with E-state index in [2.05, 4.69) is 45.3 Å². The first-order valence-electron chi connectivity index (χ1n) is 17.5. The van der Waals surface area contributed by atoms with Gasteiger partial charge in [-0.2, -0.15) is 0 Å². The van der Waals surface area contributed by atoms with Crippen LogP contribution in [0.2, 0.25) is 0 Å². The summed E-state index contributed by atoms with van der Waals surface area (Å²) in [5.41, 5.74) is 0.182. The minimum absolute atomic E-state index is 0.182. The fourth-order valence-corrected chi connectivity index (χ4v) is 5.41. The average Bonchev–Trinajstić information content (AvgIpc) is 2.88. The SMILES string of the molecule is CCCCCCCCCCCCCCNC(=N)CC(NCCCCCCCCCCCCCC)C(C)(C)C. The predicted octanol–water partition coefficient (Wildman–Crippen LogP) is 11.3.